The van der Waals surface area contributed by atoms with Crippen LogP contribution in [0.3, 0.4) is 0 Å². The molecule has 0 saturated carbocycles. The average molecular weight is 436 g/mol. The number of aromatic nitrogens is 1. The van der Waals surface area contributed by atoms with Gasteiger partial charge in [0.05, 0.1) is 12.1 Å². The van der Waals surface area contributed by atoms with Crippen LogP contribution in [0.1, 0.15) is 21.8 Å². The number of carbonyl (C=O) groups is 1. The van der Waals surface area contributed by atoms with Crippen molar-refractivity contribution < 1.29 is 22.5 Å². The number of aryl methyl sites for hydroxylation is 2. The van der Waals surface area contributed by atoms with Crippen molar-refractivity contribution in [2.75, 3.05) is 17.1 Å². The van der Waals surface area contributed by atoms with Crippen LogP contribution in [0.15, 0.2) is 51.9 Å². The molecule has 0 spiro atoms. The SMILES string of the molecule is COc1ccc(NC(=O)c2ccc(NS(=O)(=O)c3c(C)noc3C)cc2)cc1Cl. The molecule has 0 aliphatic carbocycles. The van der Waals surface area contributed by atoms with Gasteiger partial charge in [-0.05, 0) is 56.3 Å². The van der Waals surface area contributed by atoms with Crippen molar-refractivity contribution in [2.24, 2.45) is 0 Å². The van der Waals surface area contributed by atoms with Gasteiger partial charge in [0.25, 0.3) is 15.9 Å². The van der Waals surface area contributed by atoms with Gasteiger partial charge in [-0.15, -0.1) is 0 Å². The summed E-state index contributed by atoms with van der Waals surface area (Å²) in [6.07, 6.45) is 0. The topological polar surface area (TPSA) is 111 Å². The Morgan fingerprint density at radius 2 is 1.76 bits per heavy atom. The molecular weight excluding hydrogens is 418 g/mol. The third-order valence-electron chi connectivity index (χ3n) is 4.05. The molecule has 2 N–H and O–H groups in total. The fourth-order valence-electron chi connectivity index (χ4n) is 2.70. The molecule has 0 saturated heterocycles. The monoisotopic (exact) mass is 435 g/mol. The van der Waals surface area contributed by atoms with Crippen LogP contribution in [0, 0.1) is 13.8 Å². The number of nitrogens with zero attached hydrogens (tertiary/aromatic N) is 1. The average Bonchev–Trinajstić information content (AvgIpc) is 3.01. The summed E-state index contributed by atoms with van der Waals surface area (Å²) in [6.45, 7) is 3.07. The van der Waals surface area contributed by atoms with E-state index < -0.39 is 10.0 Å². The fraction of sp³-hybridized carbons (Fsp3) is 0.158. The van der Waals surface area contributed by atoms with Gasteiger partial charge in [-0.25, -0.2) is 8.42 Å². The highest BCUT2D eigenvalue weighted by Crippen LogP contribution is 2.27. The molecule has 1 heterocycles. The first-order valence-electron chi connectivity index (χ1n) is 8.42. The van der Waals surface area contributed by atoms with E-state index in [9.17, 15) is 13.2 Å². The van der Waals surface area contributed by atoms with Gasteiger partial charge in [0.1, 0.15) is 11.4 Å². The van der Waals surface area contributed by atoms with E-state index in [0.717, 1.165) is 0 Å². The Hall–Kier alpha value is -3.04. The predicted octanol–water partition coefficient (Wildman–Crippen LogP) is 4.01. The van der Waals surface area contributed by atoms with Crippen molar-refractivity contribution in [3.8, 4) is 5.75 Å². The summed E-state index contributed by atoms with van der Waals surface area (Å²) in [5.41, 5.74) is 1.42. The third-order valence-corrected chi connectivity index (χ3v) is 5.97. The second-order valence-corrected chi connectivity index (χ2v) is 8.17. The number of rotatable bonds is 6. The first-order valence-corrected chi connectivity index (χ1v) is 10.3. The minimum atomic E-state index is -3.86. The van der Waals surface area contributed by atoms with E-state index >= 15 is 0 Å². The molecule has 2 aromatic carbocycles. The molecule has 152 valence electrons. The second-order valence-electron chi connectivity index (χ2n) is 6.14. The van der Waals surface area contributed by atoms with Gasteiger partial charge in [0.15, 0.2) is 10.7 Å². The lowest BCUT2D eigenvalue weighted by Crippen LogP contribution is -2.15. The lowest BCUT2D eigenvalue weighted by Gasteiger charge is -2.10. The van der Waals surface area contributed by atoms with E-state index in [1.807, 2.05) is 0 Å². The van der Waals surface area contributed by atoms with Crippen LogP contribution in [0.25, 0.3) is 0 Å². The van der Waals surface area contributed by atoms with Gasteiger partial charge in [-0.2, -0.15) is 0 Å². The standard InChI is InChI=1S/C19H18ClN3O5S/c1-11-18(12(2)28-22-11)29(25,26)23-14-6-4-13(5-7-14)19(24)21-15-8-9-17(27-3)16(20)10-15/h4-10,23H,1-3H3,(H,21,24). The summed E-state index contributed by atoms with van der Waals surface area (Å²) >= 11 is 6.05. The maximum absolute atomic E-state index is 12.5. The smallest absolute Gasteiger partial charge is 0.267 e. The van der Waals surface area contributed by atoms with Crippen LogP contribution in [0.4, 0.5) is 11.4 Å². The number of benzene rings is 2. The quantitative estimate of drug-likeness (QED) is 0.605. The van der Waals surface area contributed by atoms with Crippen molar-refractivity contribution >= 4 is 38.9 Å². The highest BCUT2D eigenvalue weighted by atomic mass is 35.5. The Morgan fingerprint density at radius 1 is 1.10 bits per heavy atom. The van der Waals surface area contributed by atoms with Gasteiger partial charge >= 0.3 is 0 Å². The number of hydrogen-bond donors (Lipinski definition) is 2. The zero-order valence-electron chi connectivity index (χ0n) is 15.8. The summed E-state index contributed by atoms with van der Waals surface area (Å²) in [7, 11) is -2.36. The van der Waals surface area contributed by atoms with E-state index in [4.69, 9.17) is 20.9 Å². The lowest BCUT2D eigenvalue weighted by atomic mass is 10.2. The highest BCUT2D eigenvalue weighted by Gasteiger charge is 2.24. The lowest BCUT2D eigenvalue weighted by molar-refractivity contribution is 0.102. The highest BCUT2D eigenvalue weighted by molar-refractivity contribution is 7.92. The minimum Gasteiger partial charge on any atom is -0.495 e. The van der Waals surface area contributed by atoms with Crippen molar-refractivity contribution in [3.05, 3.63) is 64.5 Å². The van der Waals surface area contributed by atoms with Crippen LogP contribution >= 0.6 is 11.6 Å². The number of halogens is 1. The molecule has 1 aromatic heterocycles. The molecule has 8 nitrogen and oxygen atoms in total. The molecule has 0 fully saturated rings. The van der Waals surface area contributed by atoms with E-state index in [1.54, 1.807) is 25.1 Å². The summed E-state index contributed by atoms with van der Waals surface area (Å²) < 4.78 is 37.5. The number of nitrogens with one attached hydrogen (secondary N) is 2. The molecule has 0 bridgehead atoms. The van der Waals surface area contributed by atoms with E-state index in [0.29, 0.717) is 27.7 Å². The predicted molar refractivity (Wildman–Crippen MR) is 109 cm³/mol. The summed E-state index contributed by atoms with van der Waals surface area (Å²) in [4.78, 5) is 12.4. The Balaban J connectivity index is 1.73. The Labute approximate surface area is 172 Å². The molecule has 0 radical (unpaired) electrons. The second kappa shape index (κ2) is 8.14. The van der Waals surface area contributed by atoms with Crippen molar-refractivity contribution in [3.63, 3.8) is 0 Å². The van der Waals surface area contributed by atoms with Gasteiger partial charge < -0.3 is 14.6 Å². The largest absolute Gasteiger partial charge is 0.495 e. The molecule has 0 aliphatic rings. The molecule has 29 heavy (non-hydrogen) atoms. The van der Waals surface area contributed by atoms with E-state index in [-0.39, 0.29) is 22.3 Å². The van der Waals surface area contributed by atoms with Gasteiger partial charge in [0.2, 0.25) is 0 Å². The first-order chi connectivity index (χ1) is 13.7. The van der Waals surface area contributed by atoms with Gasteiger partial charge in [-0.3, -0.25) is 9.52 Å². The normalized spacial score (nSPS) is 11.2. The van der Waals surface area contributed by atoms with Crippen molar-refractivity contribution in [1.82, 2.24) is 5.16 Å². The first kappa shape index (κ1) is 20.7. The maximum Gasteiger partial charge on any atom is 0.267 e. The van der Waals surface area contributed by atoms with Crippen LogP contribution in [0.2, 0.25) is 5.02 Å². The minimum absolute atomic E-state index is 0.00398. The van der Waals surface area contributed by atoms with E-state index in [2.05, 4.69) is 15.2 Å². The number of ether oxygens (including phenoxy) is 1. The molecule has 0 atom stereocenters. The number of carbonyl (C=O) groups excluding carboxylic acids is 1. The third kappa shape index (κ3) is 4.52. The number of amides is 1. The molecule has 3 aromatic rings. The zero-order valence-corrected chi connectivity index (χ0v) is 17.4. The molecule has 0 unspecified atom stereocenters. The molecular formula is C19H18ClN3O5S. The summed E-state index contributed by atoms with van der Waals surface area (Å²) in [6, 6.07) is 10.9. The summed E-state index contributed by atoms with van der Waals surface area (Å²) in [5.74, 6) is 0.329. The summed E-state index contributed by atoms with van der Waals surface area (Å²) in [5, 5.41) is 6.74. The zero-order chi connectivity index (χ0) is 21.2. The molecule has 10 heteroatoms. The van der Waals surface area contributed by atoms with E-state index in [1.165, 1.54) is 38.3 Å². The number of hydrogen-bond acceptors (Lipinski definition) is 6. The number of anilines is 2. The van der Waals surface area contributed by atoms with Crippen molar-refractivity contribution in [2.45, 2.75) is 18.7 Å². The van der Waals surface area contributed by atoms with Gasteiger partial charge in [-0.1, -0.05) is 16.8 Å². The van der Waals surface area contributed by atoms with Gasteiger partial charge in [0, 0.05) is 16.9 Å². The number of methoxy groups -OCH3 is 1. The van der Waals surface area contributed by atoms with Crippen LogP contribution < -0.4 is 14.8 Å². The molecule has 0 aliphatic heterocycles. The number of sulfonamides is 1. The Morgan fingerprint density at radius 3 is 2.31 bits per heavy atom. The molecule has 3 rings (SSSR count). The Bertz CT molecular complexity index is 1140. The fourth-order valence-corrected chi connectivity index (χ4v) is 4.35. The molecule has 1 amide bonds. The van der Waals surface area contributed by atoms with Crippen molar-refractivity contribution in [1.29, 1.82) is 0 Å². The van der Waals surface area contributed by atoms with Crippen LogP contribution in [-0.4, -0.2) is 26.6 Å². The van der Waals surface area contributed by atoms with Crippen LogP contribution in [0.5, 0.6) is 5.75 Å². The Kier molecular flexibility index (Phi) is 5.81. The maximum atomic E-state index is 12.5. The van der Waals surface area contributed by atoms with Crippen LogP contribution in [-0.2, 0) is 10.0 Å².